The first-order valence-electron chi connectivity index (χ1n) is 5.96. The Bertz CT molecular complexity index is 168. The first-order valence-corrected chi connectivity index (χ1v) is 5.96. The molecule has 0 aliphatic carbocycles. The summed E-state index contributed by atoms with van der Waals surface area (Å²) in [6.07, 6.45) is 3.43. The predicted molar refractivity (Wildman–Crippen MR) is 67.2 cm³/mol. The third-order valence-electron chi connectivity index (χ3n) is 2.42. The highest BCUT2D eigenvalue weighted by Gasteiger charge is 2.12. The Labute approximate surface area is 95.1 Å². The van der Waals surface area contributed by atoms with E-state index in [-0.39, 0.29) is 0 Å². The van der Waals surface area contributed by atoms with E-state index >= 15 is 0 Å². The molecular formula is C13H27NO. The molecule has 0 aliphatic heterocycles. The van der Waals surface area contributed by atoms with E-state index in [4.69, 9.17) is 4.74 Å². The van der Waals surface area contributed by atoms with Crippen LogP contribution in [0.25, 0.3) is 0 Å². The first kappa shape index (κ1) is 14.7. The summed E-state index contributed by atoms with van der Waals surface area (Å²) in [5, 5.41) is 3.57. The van der Waals surface area contributed by atoms with Gasteiger partial charge >= 0.3 is 0 Å². The van der Waals surface area contributed by atoms with Gasteiger partial charge in [0.2, 0.25) is 0 Å². The second kappa shape index (κ2) is 8.93. The maximum atomic E-state index is 5.16. The Balaban J connectivity index is 3.92. The molecule has 0 fully saturated rings. The number of hydrogen-bond donors (Lipinski definition) is 1. The van der Waals surface area contributed by atoms with E-state index in [9.17, 15) is 0 Å². The van der Waals surface area contributed by atoms with Crippen molar-refractivity contribution in [3.05, 3.63) is 12.2 Å². The Morgan fingerprint density at radius 1 is 1.47 bits per heavy atom. The number of ether oxygens (including phenoxy) is 1. The van der Waals surface area contributed by atoms with Crippen LogP contribution in [0.4, 0.5) is 0 Å². The van der Waals surface area contributed by atoms with E-state index in [1.165, 1.54) is 18.4 Å². The highest BCUT2D eigenvalue weighted by atomic mass is 16.5. The second-order valence-electron chi connectivity index (χ2n) is 4.61. The molecule has 0 bridgehead atoms. The van der Waals surface area contributed by atoms with Gasteiger partial charge in [0.05, 0.1) is 0 Å². The lowest BCUT2D eigenvalue weighted by atomic mass is 9.97. The summed E-state index contributed by atoms with van der Waals surface area (Å²) in [6, 6.07) is 0.563. The van der Waals surface area contributed by atoms with Gasteiger partial charge in [0.1, 0.15) is 0 Å². The molecule has 0 saturated carbocycles. The van der Waals surface area contributed by atoms with Crippen LogP contribution in [0.3, 0.4) is 0 Å². The van der Waals surface area contributed by atoms with E-state index in [0.717, 1.165) is 19.6 Å². The molecule has 0 amide bonds. The molecule has 2 heteroatoms. The van der Waals surface area contributed by atoms with Gasteiger partial charge in [0.25, 0.3) is 0 Å². The predicted octanol–water partition coefficient (Wildman–Crippen LogP) is 2.99. The fourth-order valence-electron chi connectivity index (χ4n) is 1.85. The topological polar surface area (TPSA) is 21.3 Å². The molecule has 90 valence electrons. The SMILES string of the molecule is C=C(C)CC(CC(C)COC)NCCC. The first-order chi connectivity index (χ1) is 7.10. The van der Waals surface area contributed by atoms with Gasteiger partial charge in [0, 0.05) is 19.8 Å². The summed E-state index contributed by atoms with van der Waals surface area (Å²) in [5.41, 5.74) is 1.26. The lowest BCUT2D eigenvalue weighted by Crippen LogP contribution is -2.32. The van der Waals surface area contributed by atoms with Gasteiger partial charge in [-0.25, -0.2) is 0 Å². The van der Waals surface area contributed by atoms with Crippen LogP contribution in [-0.4, -0.2) is 26.3 Å². The van der Waals surface area contributed by atoms with Crippen LogP contribution in [0.15, 0.2) is 12.2 Å². The number of nitrogens with one attached hydrogen (secondary N) is 1. The maximum absolute atomic E-state index is 5.16. The van der Waals surface area contributed by atoms with Crippen molar-refractivity contribution < 1.29 is 4.74 Å². The van der Waals surface area contributed by atoms with E-state index < -0.39 is 0 Å². The molecule has 0 aliphatic rings. The number of hydrogen-bond acceptors (Lipinski definition) is 2. The number of methoxy groups -OCH3 is 1. The zero-order valence-electron chi connectivity index (χ0n) is 10.8. The lowest BCUT2D eigenvalue weighted by molar-refractivity contribution is 0.149. The molecule has 1 N–H and O–H groups in total. The summed E-state index contributed by atoms with van der Waals surface area (Å²) < 4.78 is 5.16. The third kappa shape index (κ3) is 8.64. The van der Waals surface area contributed by atoms with E-state index in [1.807, 2.05) is 0 Å². The van der Waals surface area contributed by atoms with Gasteiger partial charge in [-0.15, -0.1) is 6.58 Å². The van der Waals surface area contributed by atoms with Crippen LogP contribution in [0.2, 0.25) is 0 Å². The average molecular weight is 213 g/mol. The molecule has 0 radical (unpaired) electrons. The fraction of sp³-hybridized carbons (Fsp3) is 0.846. The summed E-state index contributed by atoms with van der Waals surface area (Å²) in [7, 11) is 1.77. The van der Waals surface area contributed by atoms with Crippen molar-refractivity contribution in [1.82, 2.24) is 5.32 Å². The zero-order valence-corrected chi connectivity index (χ0v) is 10.8. The molecule has 0 aromatic rings. The molecule has 0 aromatic heterocycles. The molecule has 0 heterocycles. The van der Waals surface area contributed by atoms with Crippen molar-refractivity contribution in [2.45, 2.75) is 46.1 Å². The molecule has 0 rings (SSSR count). The molecule has 0 spiro atoms. The molecule has 2 atom stereocenters. The Morgan fingerprint density at radius 2 is 2.13 bits per heavy atom. The monoisotopic (exact) mass is 213 g/mol. The Hall–Kier alpha value is -0.340. The van der Waals surface area contributed by atoms with Gasteiger partial charge in [0.15, 0.2) is 0 Å². The largest absolute Gasteiger partial charge is 0.384 e. The minimum Gasteiger partial charge on any atom is -0.384 e. The van der Waals surface area contributed by atoms with Crippen LogP contribution in [0, 0.1) is 5.92 Å². The average Bonchev–Trinajstić information content (AvgIpc) is 2.13. The van der Waals surface area contributed by atoms with Gasteiger partial charge in [-0.1, -0.05) is 19.4 Å². The van der Waals surface area contributed by atoms with Crippen molar-refractivity contribution >= 4 is 0 Å². The fourth-order valence-corrected chi connectivity index (χ4v) is 1.85. The molecule has 0 aromatic carbocycles. The van der Waals surface area contributed by atoms with E-state index in [0.29, 0.717) is 12.0 Å². The van der Waals surface area contributed by atoms with Crippen molar-refractivity contribution in [3.63, 3.8) is 0 Å². The van der Waals surface area contributed by atoms with Gasteiger partial charge in [-0.3, -0.25) is 0 Å². The lowest BCUT2D eigenvalue weighted by Gasteiger charge is -2.22. The van der Waals surface area contributed by atoms with Crippen molar-refractivity contribution in [2.75, 3.05) is 20.3 Å². The van der Waals surface area contributed by atoms with Gasteiger partial charge < -0.3 is 10.1 Å². The summed E-state index contributed by atoms with van der Waals surface area (Å²) >= 11 is 0. The van der Waals surface area contributed by atoms with Crippen molar-refractivity contribution in [2.24, 2.45) is 5.92 Å². The molecular weight excluding hydrogens is 186 g/mol. The Morgan fingerprint density at radius 3 is 2.60 bits per heavy atom. The normalized spacial score (nSPS) is 14.9. The standard InChI is InChI=1S/C13H27NO/c1-6-7-14-13(8-11(2)3)9-12(4)10-15-5/h12-14H,2,6-10H2,1,3-5H3. The van der Waals surface area contributed by atoms with Gasteiger partial charge in [-0.2, -0.15) is 0 Å². The molecule has 0 saturated heterocycles. The minimum atomic E-state index is 0.563. The van der Waals surface area contributed by atoms with Crippen molar-refractivity contribution in [3.8, 4) is 0 Å². The quantitative estimate of drug-likeness (QED) is 0.595. The minimum absolute atomic E-state index is 0.563. The van der Waals surface area contributed by atoms with Crippen LogP contribution >= 0.6 is 0 Å². The smallest absolute Gasteiger partial charge is 0.0488 e. The van der Waals surface area contributed by atoms with Crippen LogP contribution in [0.1, 0.15) is 40.0 Å². The third-order valence-corrected chi connectivity index (χ3v) is 2.42. The van der Waals surface area contributed by atoms with E-state index in [1.54, 1.807) is 7.11 Å². The van der Waals surface area contributed by atoms with E-state index in [2.05, 4.69) is 32.7 Å². The molecule has 2 nitrogen and oxygen atoms in total. The maximum Gasteiger partial charge on any atom is 0.0488 e. The molecule has 15 heavy (non-hydrogen) atoms. The zero-order chi connectivity index (χ0) is 11.7. The van der Waals surface area contributed by atoms with Crippen LogP contribution in [-0.2, 0) is 4.74 Å². The summed E-state index contributed by atoms with van der Waals surface area (Å²) in [6.45, 7) is 12.5. The molecule has 2 unspecified atom stereocenters. The van der Waals surface area contributed by atoms with Gasteiger partial charge in [-0.05, 0) is 38.6 Å². The summed E-state index contributed by atoms with van der Waals surface area (Å²) in [5.74, 6) is 0.615. The summed E-state index contributed by atoms with van der Waals surface area (Å²) in [4.78, 5) is 0. The van der Waals surface area contributed by atoms with Crippen LogP contribution < -0.4 is 5.32 Å². The second-order valence-corrected chi connectivity index (χ2v) is 4.61. The van der Waals surface area contributed by atoms with Crippen LogP contribution in [0.5, 0.6) is 0 Å². The Kier molecular flexibility index (Phi) is 8.73. The highest BCUT2D eigenvalue weighted by Crippen LogP contribution is 2.12. The number of rotatable bonds is 9. The highest BCUT2D eigenvalue weighted by molar-refractivity contribution is 4.93. The van der Waals surface area contributed by atoms with Crippen molar-refractivity contribution in [1.29, 1.82) is 0 Å².